The number of rotatable bonds is 7. The summed E-state index contributed by atoms with van der Waals surface area (Å²) in [7, 11) is 5.03. The molecule has 1 atom stereocenters. The summed E-state index contributed by atoms with van der Waals surface area (Å²) in [6.45, 7) is 0.745. The first-order valence-electron chi connectivity index (χ1n) is 8.84. The molecule has 0 bridgehead atoms. The highest BCUT2D eigenvalue weighted by molar-refractivity contribution is 5.91. The van der Waals surface area contributed by atoms with Gasteiger partial charge in [-0.3, -0.25) is 4.79 Å². The first-order valence-corrected chi connectivity index (χ1v) is 8.84. The van der Waals surface area contributed by atoms with Gasteiger partial charge in [0.15, 0.2) is 6.54 Å². The van der Waals surface area contributed by atoms with E-state index in [1.807, 2.05) is 31.3 Å². The molecular weight excluding hydrogens is 360 g/mol. The van der Waals surface area contributed by atoms with Gasteiger partial charge in [-0.2, -0.15) is 0 Å². The number of anilines is 1. The molecule has 0 aliphatic rings. The van der Waals surface area contributed by atoms with Crippen molar-refractivity contribution < 1.29 is 23.6 Å². The van der Waals surface area contributed by atoms with Crippen molar-refractivity contribution in [3.63, 3.8) is 0 Å². The first-order chi connectivity index (χ1) is 13.5. The molecule has 0 saturated heterocycles. The minimum Gasteiger partial charge on any atom is -0.497 e. The molecule has 3 rings (SSSR count). The normalized spacial score (nSPS) is 11.8. The molecule has 0 saturated carbocycles. The molecule has 28 heavy (non-hydrogen) atoms. The first kappa shape index (κ1) is 19.4. The van der Waals surface area contributed by atoms with Crippen molar-refractivity contribution in [1.29, 1.82) is 0 Å². The number of benzene rings is 2. The molecule has 0 aliphatic heterocycles. The lowest BCUT2D eigenvalue weighted by molar-refractivity contribution is -0.885. The molecule has 0 spiro atoms. The molecule has 0 radical (unpaired) electrons. The fourth-order valence-corrected chi connectivity index (χ4v) is 3.05. The smallest absolute Gasteiger partial charge is 0.336 e. The van der Waals surface area contributed by atoms with Crippen LogP contribution in [-0.2, 0) is 11.3 Å². The summed E-state index contributed by atoms with van der Waals surface area (Å²) >= 11 is 0. The van der Waals surface area contributed by atoms with Crippen LogP contribution in [0, 0.1) is 0 Å². The Bertz CT molecular complexity index is 1040. The van der Waals surface area contributed by atoms with Gasteiger partial charge >= 0.3 is 5.63 Å². The Kier molecular flexibility index (Phi) is 5.96. The van der Waals surface area contributed by atoms with Gasteiger partial charge in [-0.1, -0.05) is 6.07 Å². The van der Waals surface area contributed by atoms with E-state index in [0.29, 0.717) is 29.3 Å². The zero-order valence-electron chi connectivity index (χ0n) is 16.1. The maximum Gasteiger partial charge on any atom is 0.336 e. The quantitative estimate of drug-likeness (QED) is 0.604. The lowest BCUT2D eigenvalue weighted by Gasteiger charge is -2.15. The second-order valence-electron chi connectivity index (χ2n) is 6.54. The summed E-state index contributed by atoms with van der Waals surface area (Å²) in [5.41, 5.74) is 1.54. The molecule has 146 valence electrons. The SMILES string of the molecule is COc1cccc(NC(=O)C[NH+](C)Cc2cc(=O)oc3cc(OC)ccc23)c1. The van der Waals surface area contributed by atoms with Crippen molar-refractivity contribution in [1.82, 2.24) is 0 Å². The van der Waals surface area contributed by atoms with Crippen molar-refractivity contribution in [2.75, 3.05) is 33.1 Å². The van der Waals surface area contributed by atoms with E-state index in [1.54, 1.807) is 32.4 Å². The lowest BCUT2D eigenvalue weighted by Crippen LogP contribution is -3.08. The van der Waals surface area contributed by atoms with E-state index in [0.717, 1.165) is 15.8 Å². The highest BCUT2D eigenvalue weighted by atomic mass is 16.5. The predicted octanol–water partition coefficient (Wildman–Crippen LogP) is 1.46. The van der Waals surface area contributed by atoms with E-state index in [-0.39, 0.29) is 12.5 Å². The number of nitrogens with one attached hydrogen (secondary N) is 2. The van der Waals surface area contributed by atoms with Crippen LogP contribution in [0.2, 0.25) is 0 Å². The third-order valence-electron chi connectivity index (χ3n) is 4.35. The molecule has 3 aromatic rings. The summed E-state index contributed by atoms with van der Waals surface area (Å²) in [5.74, 6) is 1.17. The second kappa shape index (κ2) is 8.58. The third kappa shape index (κ3) is 4.69. The van der Waals surface area contributed by atoms with Crippen LogP contribution in [0.25, 0.3) is 11.0 Å². The van der Waals surface area contributed by atoms with E-state index in [1.165, 1.54) is 6.07 Å². The monoisotopic (exact) mass is 383 g/mol. The number of likely N-dealkylation sites (N-methyl/N-ethyl adjacent to an activating group) is 1. The van der Waals surface area contributed by atoms with Gasteiger partial charge in [0.2, 0.25) is 0 Å². The number of quaternary nitrogens is 1. The third-order valence-corrected chi connectivity index (χ3v) is 4.35. The van der Waals surface area contributed by atoms with Crippen molar-refractivity contribution >= 4 is 22.6 Å². The Hall–Kier alpha value is -3.32. The van der Waals surface area contributed by atoms with Crippen LogP contribution in [0.1, 0.15) is 5.56 Å². The Morgan fingerprint density at radius 2 is 1.82 bits per heavy atom. The molecule has 1 aromatic heterocycles. The molecule has 7 nitrogen and oxygen atoms in total. The molecule has 2 aromatic carbocycles. The average Bonchev–Trinajstić information content (AvgIpc) is 2.67. The molecule has 1 unspecified atom stereocenters. The molecule has 0 aliphatic carbocycles. The number of hydrogen-bond donors (Lipinski definition) is 2. The Morgan fingerprint density at radius 1 is 1.07 bits per heavy atom. The molecule has 2 N–H and O–H groups in total. The van der Waals surface area contributed by atoms with Crippen molar-refractivity contribution in [3.05, 3.63) is 64.5 Å². The fourth-order valence-electron chi connectivity index (χ4n) is 3.05. The Labute approximate surface area is 162 Å². The zero-order valence-corrected chi connectivity index (χ0v) is 16.1. The van der Waals surface area contributed by atoms with Crippen LogP contribution in [0.5, 0.6) is 11.5 Å². The van der Waals surface area contributed by atoms with Crippen molar-refractivity contribution in [2.24, 2.45) is 0 Å². The Balaban J connectivity index is 1.71. The molecule has 7 heteroatoms. The molecule has 1 amide bonds. The number of amides is 1. The van der Waals surface area contributed by atoms with Gasteiger partial charge in [0, 0.05) is 34.8 Å². The molecule has 0 fully saturated rings. The van der Waals surface area contributed by atoms with Crippen molar-refractivity contribution in [2.45, 2.75) is 6.54 Å². The Morgan fingerprint density at radius 3 is 2.57 bits per heavy atom. The van der Waals surface area contributed by atoms with Gasteiger partial charge < -0.3 is 24.1 Å². The van der Waals surface area contributed by atoms with Gasteiger partial charge in [-0.25, -0.2) is 4.79 Å². The number of carbonyl (C=O) groups excluding carboxylic acids is 1. The van der Waals surface area contributed by atoms with Crippen LogP contribution in [0.15, 0.2) is 57.7 Å². The minimum absolute atomic E-state index is 0.125. The van der Waals surface area contributed by atoms with E-state index >= 15 is 0 Å². The maximum absolute atomic E-state index is 12.4. The van der Waals surface area contributed by atoms with E-state index < -0.39 is 5.63 Å². The average molecular weight is 383 g/mol. The highest BCUT2D eigenvalue weighted by Crippen LogP contribution is 2.22. The standard InChI is InChI=1S/C21H22N2O5/c1-23(13-20(24)22-15-5-4-6-16(10-15)26-2)12-14-9-21(25)28-19-11-17(27-3)7-8-18(14)19/h4-11H,12-13H2,1-3H3,(H,22,24)/p+1. The molecular formula is C21H23N2O5+. The minimum atomic E-state index is -0.426. The largest absolute Gasteiger partial charge is 0.497 e. The van der Waals surface area contributed by atoms with Crippen LogP contribution in [-0.4, -0.2) is 33.7 Å². The summed E-state index contributed by atoms with van der Waals surface area (Å²) in [6.07, 6.45) is 0. The zero-order chi connectivity index (χ0) is 20.1. The fraction of sp³-hybridized carbons (Fsp3) is 0.238. The van der Waals surface area contributed by atoms with Crippen LogP contribution < -0.4 is 25.3 Å². The van der Waals surface area contributed by atoms with Crippen molar-refractivity contribution in [3.8, 4) is 11.5 Å². The van der Waals surface area contributed by atoms with Crippen LogP contribution in [0.4, 0.5) is 5.69 Å². The van der Waals surface area contributed by atoms with Gasteiger partial charge in [0.1, 0.15) is 23.6 Å². The number of ether oxygens (including phenoxy) is 2. The van der Waals surface area contributed by atoms with E-state index in [4.69, 9.17) is 13.9 Å². The van der Waals surface area contributed by atoms with E-state index in [9.17, 15) is 9.59 Å². The van der Waals surface area contributed by atoms with Gasteiger partial charge in [0.05, 0.1) is 21.3 Å². The maximum atomic E-state index is 12.4. The topological polar surface area (TPSA) is 82.2 Å². The van der Waals surface area contributed by atoms with Gasteiger partial charge in [-0.05, 0) is 24.3 Å². The van der Waals surface area contributed by atoms with E-state index in [2.05, 4.69) is 5.32 Å². The van der Waals surface area contributed by atoms with Crippen LogP contribution in [0.3, 0.4) is 0 Å². The number of fused-ring (bicyclic) bond motifs is 1. The lowest BCUT2D eigenvalue weighted by atomic mass is 10.1. The van der Waals surface area contributed by atoms with Gasteiger partial charge in [0.25, 0.3) is 5.91 Å². The summed E-state index contributed by atoms with van der Waals surface area (Å²) < 4.78 is 15.6. The number of methoxy groups -OCH3 is 2. The number of carbonyl (C=O) groups is 1. The van der Waals surface area contributed by atoms with Crippen LogP contribution >= 0.6 is 0 Å². The molecule has 1 heterocycles. The predicted molar refractivity (Wildman–Crippen MR) is 106 cm³/mol. The second-order valence-corrected chi connectivity index (χ2v) is 6.54. The summed E-state index contributed by atoms with van der Waals surface area (Å²) in [6, 6.07) is 14.0. The summed E-state index contributed by atoms with van der Waals surface area (Å²) in [4.78, 5) is 25.2. The van der Waals surface area contributed by atoms with Gasteiger partial charge in [-0.15, -0.1) is 0 Å². The highest BCUT2D eigenvalue weighted by Gasteiger charge is 2.15. The number of hydrogen-bond acceptors (Lipinski definition) is 5. The summed E-state index contributed by atoms with van der Waals surface area (Å²) in [5, 5.41) is 3.69.